The Hall–Kier alpha value is -5.67. The van der Waals surface area contributed by atoms with Crippen molar-refractivity contribution in [2.75, 3.05) is 0 Å². The van der Waals surface area contributed by atoms with Crippen molar-refractivity contribution >= 4 is 54.8 Å². The molecule has 3 nitrogen and oxygen atoms in total. The third-order valence-corrected chi connectivity index (χ3v) is 9.97. The van der Waals surface area contributed by atoms with Gasteiger partial charge in [-0.1, -0.05) is 98.8 Å². The van der Waals surface area contributed by atoms with Gasteiger partial charge in [0.1, 0.15) is 11.1 Å². The molecule has 212 valence electrons. The predicted molar refractivity (Wildman–Crippen MR) is 186 cm³/mol. The first kappa shape index (κ1) is 24.7. The fraction of sp³-hybridized carbons (Fsp3) is 0.0714. The molecule has 0 aliphatic heterocycles. The molecule has 0 unspecified atom stereocenters. The third kappa shape index (κ3) is 3.27. The third-order valence-electron chi connectivity index (χ3n) is 9.97. The number of pyridine rings is 1. The van der Waals surface area contributed by atoms with Gasteiger partial charge < -0.3 is 8.98 Å². The normalized spacial score (nSPS) is 13.7. The lowest BCUT2D eigenvalue weighted by atomic mass is 9.82. The number of hydrogen-bond acceptors (Lipinski definition) is 2. The minimum Gasteiger partial charge on any atom is -0.454 e. The van der Waals surface area contributed by atoms with E-state index in [1.807, 2.05) is 18.2 Å². The SMILES string of the molecule is CC1(C)c2ccccc2-c2cc3c4ccccc4n(-c4cccc(-c5c6ccccc6nc6c5oc5ccccc56)c4)c3cc21. The maximum atomic E-state index is 6.55. The molecule has 0 spiro atoms. The molecular weight excluding hydrogens is 548 g/mol. The monoisotopic (exact) mass is 576 g/mol. The minimum atomic E-state index is -0.0773. The van der Waals surface area contributed by atoms with E-state index < -0.39 is 0 Å². The van der Waals surface area contributed by atoms with Crippen LogP contribution < -0.4 is 0 Å². The summed E-state index contributed by atoms with van der Waals surface area (Å²) in [6.07, 6.45) is 0. The molecule has 3 heteroatoms. The Kier molecular flexibility index (Phi) is 4.79. The molecule has 0 N–H and O–H groups in total. The average molecular weight is 577 g/mol. The molecule has 0 saturated heterocycles. The number of nitrogens with zero attached hydrogens (tertiary/aromatic N) is 2. The van der Waals surface area contributed by atoms with Crippen LogP contribution in [0.3, 0.4) is 0 Å². The summed E-state index contributed by atoms with van der Waals surface area (Å²) >= 11 is 0. The number of benzene rings is 6. The van der Waals surface area contributed by atoms with Crippen molar-refractivity contribution in [3.05, 3.63) is 145 Å². The Bertz CT molecular complexity index is 2690. The minimum absolute atomic E-state index is 0.0773. The fourth-order valence-electron chi connectivity index (χ4n) is 7.87. The summed E-state index contributed by atoms with van der Waals surface area (Å²) in [6.45, 7) is 4.70. The van der Waals surface area contributed by atoms with E-state index in [4.69, 9.17) is 9.40 Å². The van der Waals surface area contributed by atoms with Crippen LogP contribution >= 0.6 is 0 Å². The molecule has 0 bridgehead atoms. The van der Waals surface area contributed by atoms with Crippen LogP contribution in [0.1, 0.15) is 25.0 Å². The number of para-hydroxylation sites is 3. The van der Waals surface area contributed by atoms with Crippen molar-refractivity contribution in [3.63, 3.8) is 0 Å². The molecule has 10 rings (SSSR count). The maximum absolute atomic E-state index is 6.55. The Morgan fingerprint density at radius 3 is 2.24 bits per heavy atom. The maximum Gasteiger partial charge on any atom is 0.162 e. The van der Waals surface area contributed by atoms with Gasteiger partial charge in [0.2, 0.25) is 0 Å². The quantitative estimate of drug-likeness (QED) is 0.205. The van der Waals surface area contributed by atoms with Crippen molar-refractivity contribution < 1.29 is 4.42 Å². The predicted octanol–water partition coefficient (Wildman–Crippen LogP) is 11.2. The molecule has 1 aliphatic carbocycles. The van der Waals surface area contributed by atoms with Crippen LogP contribution in [0.2, 0.25) is 0 Å². The van der Waals surface area contributed by atoms with E-state index in [1.165, 1.54) is 44.1 Å². The van der Waals surface area contributed by atoms with Gasteiger partial charge in [-0.05, 0) is 76.3 Å². The van der Waals surface area contributed by atoms with Gasteiger partial charge in [0.25, 0.3) is 0 Å². The zero-order chi connectivity index (χ0) is 29.9. The van der Waals surface area contributed by atoms with Crippen LogP contribution in [0.4, 0.5) is 0 Å². The van der Waals surface area contributed by atoms with Gasteiger partial charge in [-0.25, -0.2) is 4.98 Å². The largest absolute Gasteiger partial charge is 0.454 e. The Labute approximate surface area is 260 Å². The van der Waals surface area contributed by atoms with Gasteiger partial charge in [0.15, 0.2) is 5.58 Å². The van der Waals surface area contributed by atoms with E-state index in [-0.39, 0.29) is 5.41 Å². The van der Waals surface area contributed by atoms with Gasteiger partial charge in [0.05, 0.1) is 16.6 Å². The smallest absolute Gasteiger partial charge is 0.162 e. The second kappa shape index (κ2) is 8.71. The standard InChI is InChI=1S/C42H28N2O/c1-42(2)33-18-7-3-14-27(33)31-23-32-28-15-5-9-20-36(28)44(37(32)24-34(31)42)26-13-11-12-25(22-26)39-29-16-4-8-19-35(29)43-40-30-17-6-10-21-38(30)45-41(39)40/h3-24H,1-2H3. The van der Waals surface area contributed by atoms with Gasteiger partial charge >= 0.3 is 0 Å². The van der Waals surface area contributed by atoms with E-state index in [0.717, 1.165) is 49.8 Å². The van der Waals surface area contributed by atoms with Crippen LogP contribution in [0.5, 0.6) is 0 Å². The molecule has 1 aliphatic rings. The van der Waals surface area contributed by atoms with E-state index in [1.54, 1.807) is 0 Å². The molecule has 0 amide bonds. The van der Waals surface area contributed by atoms with Gasteiger partial charge in [-0.3, -0.25) is 0 Å². The van der Waals surface area contributed by atoms with Crippen molar-refractivity contribution in [3.8, 4) is 27.9 Å². The van der Waals surface area contributed by atoms with Crippen molar-refractivity contribution in [1.82, 2.24) is 9.55 Å². The van der Waals surface area contributed by atoms with Crippen LogP contribution in [0.15, 0.2) is 138 Å². The Balaban J connectivity index is 1.27. The molecular formula is C42H28N2O. The Morgan fingerprint density at radius 1 is 0.578 bits per heavy atom. The zero-order valence-electron chi connectivity index (χ0n) is 25.0. The van der Waals surface area contributed by atoms with Gasteiger partial charge in [0, 0.05) is 38.2 Å². The highest BCUT2D eigenvalue weighted by Crippen LogP contribution is 2.51. The first-order valence-electron chi connectivity index (χ1n) is 15.6. The Morgan fingerprint density at radius 2 is 1.33 bits per heavy atom. The molecule has 3 aromatic heterocycles. The summed E-state index contributed by atoms with van der Waals surface area (Å²) in [5.41, 5.74) is 14.7. The van der Waals surface area contributed by atoms with Crippen LogP contribution in [-0.2, 0) is 5.41 Å². The summed E-state index contributed by atoms with van der Waals surface area (Å²) in [5, 5.41) is 4.66. The lowest BCUT2D eigenvalue weighted by Crippen LogP contribution is -2.14. The van der Waals surface area contributed by atoms with Crippen molar-refractivity contribution in [1.29, 1.82) is 0 Å². The fourth-order valence-corrected chi connectivity index (χ4v) is 7.87. The first-order valence-corrected chi connectivity index (χ1v) is 15.6. The second-order valence-electron chi connectivity index (χ2n) is 12.8. The highest BCUT2D eigenvalue weighted by molar-refractivity contribution is 6.15. The summed E-state index contributed by atoms with van der Waals surface area (Å²) in [7, 11) is 0. The van der Waals surface area contributed by atoms with Crippen LogP contribution in [0.25, 0.3) is 82.7 Å². The number of aromatic nitrogens is 2. The molecule has 9 aromatic rings. The highest BCUT2D eigenvalue weighted by Gasteiger charge is 2.36. The number of fused-ring (bicyclic) bond motifs is 10. The molecule has 0 saturated carbocycles. The second-order valence-corrected chi connectivity index (χ2v) is 12.8. The summed E-state index contributed by atoms with van der Waals surface area (Å²) in [6, 6.07) is 48.0. The average Bonchev–Trinajstić information content (AvgIpc) is 3.68. The first-order chi connectivity index (χ1) is 22.1. The van der Waals surface area contributed by atoms with Crippen molar-refractivity contribution in [2.24, 2.45) is 0 Å². The van der Waals surface area contributed by atoms with E-state index in [0.29, 0.717) is 0 Å². The van der Waals surface area contributed by atoms with E-state index in [2.05, 4.69) is 134 Å². The van der Waals surface area contributed by atoms with Crippen LogP contribution in [-0.4, -0.2) is 9.55 Å². The topological polar surface area (TPSA) is 31.0 Å². The van der Waals surface area contributed by atoms with Crippen LogP contribution in [0, 0.1) is 0 Å². The summed E-state index contributed by atoms with van der Waals surface area (Å²) in [4.78, 5) is 5.07. The molecule has 3 heterocycles. The van der Waals surface area contributed by atoms with Gasteiger partial charge in [-0.15, -0.1) is 0 Å². The lowest BCUT2D eigenvalue weighted by molar-refractivity contribution is 0.661. The molecule has 0 radical (unpaired) electrons. The summed E-state index contributed by atoms with van der Waals surface area (Å²) < 4.78 is 8.99. The van der Waals surface area contributed by atoms with E-state index in [9.17, 15) is 0 Å². The number of hydrogen-bond donors (Lipinski definition) is 0. The molecule has 6 aromatic carbocycles. The number of furan rings is 1. The van der Waals surface area contributed by atoms with E-state index >= 15 is 0 Å². The molecule has 0 fully saturated rings. The summed E-state index contributed by atoms with van der Waals surface area (Å²) in [5.74, 6) is 0. The molecule has 0 atom stereocenters. The lowest BCUT2D eigenvalue weighted by Gasteiger charge is -2.21. The van der Waals surface area contributed by atoms with Crippen molar-refractivity contribution in [2.45, 2.75) is 19.3 Å². The number of rotatable bonds is 2. The van der Waals surface area contributed by atoms with Gasteiger partial charge in [-0.2, -0.15) is 0 Å². The molecule has 45 heavy (non-hydrogen) atoms. The highest BCUT2D eigenvalue weighted by atomic mass is 16.3. The zero-order valence-corrected chi connectivity index (χ0v) is 25.0.